The number of nitrogens with one attached hydrogen (secondary N) is 2. The number of carbonyl (C=O) groups is 3. The van der Waals surface area contributed by atoms with E-state index in [4.69, 9.17) is 4.74 Å². The maximum Gasteiger partial charge on any atom is 0.325 e. The molecule has 1 fully saturated rings. The molecule has 2 rings (SSSR count). The highest BCUT2D eigenvalue weighted by Crippen LogP contribution is 2.24. The van der Waals surface area contributed by atoms with E-state index in [2.05, 4.69) is 17.6 Å². The van der Waals surface area contributed by atoms with Crippen LogP contribution in [0.25, 0.3) is 0 Å². The van der Waals surface area contributed by atoms with E-state index < -0.39 is 11.6 Å². The van der Waals surface area contributed by atoms with Crippen LogP contribution in [0.1, 0.15) is 45.1 Å². The number of urea groups is 1. The summed E-state index contributed by atoms with van der Waals surface area (Å²) in [5.74, 6) is 0.102. The van der Waals surface area contributed by atoms with E-state index in [1.165, 1.54) is 0 Å². The van der Waals surface area contributed by atoms with Crippen LogP contribution in [0, 0.1) is 0 Å². The molecular formula is C20H29N3O4. The molecule has 0 bridgehead atoms. The zero-order chi connectivity index (χ0) is 19.9. The quantitative estimate of drug-likeness (QED) is 0.485. The molecule has 1 saturated heterocycles. The van der Waals surface area contributed by atoms with E-state index in [0.29, 0.717) is 19.4 Å². The molecule has 148 valence electrons. The minimum Gasteiger partial charge on any atom is -0.497 e. The third-order valence-electron chi connectivity index (χ3n) is 4.82. The summed E-state index contributed by atoms with van der Waals surface area (Å²) >= 11 is 0. The van der Waals surface area contributed by atoms with Gasteiger partial charge in [0.25, 0.3) is 5.91 Å². The van der Waals surface area contributed by atoms with Gasteiger partial charge in [0, 0.05) is 6.54 Å². The number of ether oxygens (including phenoxy) is 1. The van der Waals surface area contributed by atoms with Crippen LogP contribution in [0.5, 0.6) is 5.75 Å². The number of methoxy groups -OCH3 is 1. The predicted octanol–water partition coefficient (Wildman–Crippen LogP) is 2.24. The second-order valence-electron chi connectivity index (χ2n) is 7.06. The van der Waals surface area contributed by atoms with Gasteiger partial charge in [0.15, 0.2) is 0 Å². The molecule has 1 atom stereocenters. The van der Waals surface area contributed by atoms with Crippen molar-refractivity contribution < 1.29 is 19.1 Å². The van der Waals surface area contributed by atoms with Crippen LogP contribution in [0.15, 0.2) is 24.3 Å². The van der Waals surface area contributed by atoms with E-state index in [-0.39, 0.29) is 18.4 Å². The van der Waals surface area contributed by atoms with Crippen molar-refractivity contribution in [3.05, 3.63) is 29.8 Å². The van der Waals surface area contributed by atoms with Crippen molar-refractivity contribution in [1.29, 1.82) is 0 Å². The van der Waals surface area contributed by atoms with Gasteiger partial charge >= 0.3 is 6.03 Å². The van der Waals surface area contributed by atoms with Gasteiger partial charge in [-0.25, -0.2) is 4.79 Å². The van der Waals surface area contributed by atoms with Gasteiger partial charge in [0.2, 0.25) is 5.91 Å². The number of hydrogen-bond acceptors (Lipinski definition) is 4. The van der Waals surface area contributed by atoms with Crippen molar-refractivity contribution in [2.45, 2.75) is 51.5 Å². The zero-order valence-electron chi connectivity index (χ0n) is 16.3. The number of hydrogen-bond donors (Lipinski definition) is 2. The lowest BCUT2D eigenvalue weighted by Crippen LogP contribution is -2.45. The Morgan fingerprint density at radius 3 is 2.56 bits per heavy atom. The van der Waals surface area contributed by atoms with Crippen LogP contribution in [-0.2, 0) is 16.0 Å². The van der Waals surface area contributed by atoms with Crippen LogP contribution >= 0.6 is 0 Å². The molecule has 7 nitrogen and oxygen atoms in total. The summed E-state index contributed by atoms with van der Waals surface area (Å²) in [4.78, 5) is 37.9. The second-order valence-corrected chi connectivity index (χ2v) is 7.06. The number of aryl methyl sites for hydroxylation is 1. The number of rotatable bonds is 10. The van der Waals surface area contributed by atoms with Gasteiger partial charge in [0.05, 0.1) is 7.11 Å². The first kappa shape index (κ1) is 20.7. The molecule has 27 heavy (non-hydrogen) atoms. The first-order chi connectivity index (χ1) is 12.9. The Labute approximate surface area is 160 Å². The lowest BCUT2D eigenvalue weighted by atomic mass is 9.93. The number of carbonyl (C=O) groups excluding carboxylic acids is 3. The lowest BCUT2D eigenvalue weighted by molar-refractivity contribution is -0.134. The van der Waals surface area contributed by atoms with E-state index >= 15 is 0 Å². The average molecular weight is 375 g/mol. The molecule has 1 heterocycles. The van der Waals surface area contributed by atoms with Crippen LogP contribution in [0.2, 0.25) is 0 Å². The molecule has 2 N–H and O–H groups in total. The molecule has 0 spiro atoms. The predicted molar refractivity (Wildman–Crippen MR) is 102 cm³/mol. The molecule has 1 aromatic carbocycles. The van der Waals surface area contributed by atoms with Gasteiger partial charge in [-0.15, -0.1) is 0 Å². The smallest absolute Gasteiger partial charge is 0.325 e. The zero-order valence-corrected chi connectivity index (χ0v) is 16.3. The molecule has 0 aliphatic carbocycles. The van der Waals surface area contributed by atoms with E-state index in [9.17, 15) is 14.4 Å². The highest BCUT2D eigenvalue weighted by atomic mass is 16.5. The Morgan fingerprint density at radius 2 is 1.93 bits per heavy atom. The Hall–Kier alpha value is -2.57. The van der Waals surface area contributed by atoms with Gasteiger partial charge in [0.1, 0.15) is 17.8 Å². The van der Waals surface area contributed by atoms with Crippen LogP contribution < -0.4 is 15.4 Å². The second kappa shape index (κ2) is 9.39. The fourth-order valence-corrected chi connectivity index (χ4v) is 3.05. The maximum absolute atomic E-state index is 12.7. The van der Waals surface area contributed by atoms with Crippen molar-refractivity contribution in [2.24, 2.45) is 0 Å². The fraction of sp³-hybridized carbons (Fsp3) is 0.550. The molecule has 1 aliphatic heterocycles. The van der Waals surface area contributed by atoms with Crippen LogP contribution in [0.4, 0.5) is 4.79 Å². The Kier molecular flexibility index (Phi) is 7.21. The molecule has 0 saturated carbocycles. The number of nitrogens with zero attached hydrogens (tertiary/aromatic N) is 1. The standard InChI is InChI=1S/C20H29N3O4/c1-4-5-6-13-21-17(24)14-23-18(25)20(2,22-19(23)26)12-11-15-7-9-16(27-3)10-8-15/h7-10H,4-6,11-14H2,1-3H3,(H,21,24)(H,22,26)/t20-/m1/s1. The third kappa shape index (κ3) is 5.45. The maximum atomic E-state index is 12.7. The number of unbranched alkanes of at least 4 members (excludes halogenated alkanes) is 2. The Morgan fingerprint density at radius 1 is 1.22 bits per heavy atom. The largest absolute Gasteiger partial charge is 0.497 e. The Bertz CT molecular complexity index is 674. The molecule has 0 radical (unpaired) electrons. The fourth-order valence-electron chi connectivity index (χ4n) is 3.05. The molecule has 7 heteroatoms. The van der Waals surface area contributed by atoms with Gasteiger partial charge in [-0.2, -0.15) is 0 Å². The normalized spacial score (nSPS) is 19.1. The summed E-state index contributed by atoms with van der Waals surface area (Å²) in [5.41, 5.74) is 0.0469. The van der Waals surface area contributed by atoms with E-state index in [1.54, 1.807) is 14.0 Å². The first-order valence-corrected chi connectivity index (χ1v) is 9.43. The van der Waals surface area contributed by atoms with Crippen molar-refractivity contribution in [2.75, 3.05) is 20.2 Å². The van der Waals surface area contributed by atoms with Gasteiger partial charge in [-0.1, -0.05) is 31.9 Å². The summed E-state index contributed by atoms with van der Waals surface area (Å²) < 4.78 is 5.13. The lowest BCUT2D eigenvalue weighted by Gasteiger charge is -2.21. The monoisotopic (exact) mass is 375 g/mol. The van der Waals surface area contributed by atoms with Gasteiger partial charge in [-0.05, 0) is 43.9 Å². The summed E-state index contributed by atoms with van der Waals surface area (Å²) in [6.45, 7) is 4.11. The Balaban J connectivity index is 1.89. The van der Waals surface area contributed by atoms with Gasteiger partial charge < -0.3 is 15.4 Å². The highest BCUT2D eigenvalue weighted by molar-refractivity contribution is 6.08. The molecule has 4 amide bonds. The summed E-state index contributed by atoms with van der Waals surface area (Å²) in [5, 5.41) is 5.49. The average Bonchev–Trinajstić information content (AvgIpc) is 2.87. The molecular weight excluding hydrogens is 346 g/mol. The minimum absolute atomic E-state index is 0.241. The molecule has 1 aliphatic rings. The van der Waals surface area contributed by atoms with Gasteiger partial charge in [-0.3, -0.25) is 14.5 Å². The minimum atomic E-state index is -1.00. The number of imide groups is 1. The summed E-state index contributed by atoms with van der Waals surface area (Å²) in [6.07, 6.45) is 4.08. The molecule has 0 aromatic heterocycles. The van der Waals surface area contributed by atoms with Crippen molar-refractivity contribution in [3.8, 4) is 5.75 Å². The number of benzene rings is 1. The van der Waals surface area contributed by atoms with Crippen molar-refractivity contribution in [3.63, 3.8) is 0 Å². The SMILES string of the molecule is CCCCCNC(=O)CN1C(=O)N[C@](C)(CCc2ccc(OC)cc2)C1=O. The van der Waals surface area contributed by atoms with Crippen molar-refractivity contribution >= 4 is 17.8 Å². The molecule has 1 aromatic rings. The first-order valence-electron chi connectivity index (χ1n) is 9.43. The van der Waals surface area contributed by atoms with Crippen LogP contribution in [0.3, 0.4) is 0 Å². The van der Waals surface area contributed by atoms with E-state index in [0.717, 1.165) is 35.5 Å². The van der Waals surface area contributed by atoms with Crippen molar-refractivity contribution in [1.82, 2.24) is 15.5 Å². The summed E-state index contributed by atoms with van der Waals surface area (Å²) in [7, 11) is 1.61. The van der Waals surface area contributed by atoms with E-state index in [1.807, 2.05) is 24.3 Å². The highest BCUT2D eigenvalue weighted by Gasteiger charge is 2.47. The topological polar surface area (TPSA) is 87.7 Å². The third-order valence-corrected chi connectivity index (χ3v) is 4.82. The summed E-state index contributed by atoms with van der Waals surface area (Å²) in [6, 6.07) is 7.08. The van der Waals surface area contributed by atoms with Crippen LogP contribution in [-0.4, -0.2) is 48.5 Å². The number of amides is 4. The molecule has 0 unspecified atom stereocenters.